The number of carbonyl (C=O) groups excluding carboxylic acids is 2. The van der Waals surface area contributed by atoms with Crippen molar-refractivity contribution < 1.29 is 18.0 Å². The van der Waals surface area contributed by atoms with Gasteiger partial charge in [-0.2, -0.15) is 0 Å². The summed E-state index contributed by atoms with van der Waals surface area (Å²) in [5.74, 6) is -0.761. The molecule has 1 atom stereocenters. The van der Waals surface area contributed by atoms with Crippen LogP contribution >= 0.6 is 15.9 Å². The summed E-state index contributed by atoms with van der Waals surface area (Å²) in [6.07, 6.45) is 1.99. The number of anilines is 1. The molecule has 0 saturated carbocycles. The van der Waals surface area contributed by atoms with Gasteiger partial charge in [0.05, 0.1) is 10.6 Å². The normalized spacial score (nSPS) is 11.9. The Labute approximate surface area is 275 Å². The number of nitrogens with zero attached hydrogens (tertiary/aromatic N) is 2. The summed E-state index contributed by atoms with van der Waals surface area (Å²) in [7, 11) is -4.13. The van der Waals surface area contributed by atoms with Crippen LogP contribution in [0.3, 0.4) is 0 Å². The lowest BCUT2D eigenvalue weighted by molar-refractivity contribution is -0.140. The number of unbranched alkanes of at least 4 members (excludes halogenated alkanes) is 1. The van der Waals surface area contributed by atoms with Gasteiger partial charge in [0.15, 0.2) is 0 Å². The molecule has 0 aliphatic rings. The van der Waals surface area contributed by atoms with E-state index in [0.717, 1.165) is 43.9 Å². The number of amides is 2. The van der Waals surface area contributed by atoms with Gasteiger partial charge in [-0.25, -0.2) is 8.42 Å². The summed E-state index contributed by atoms with van der Waals surface area (Å²) >= 11 is 3.47. The van der Waals surface area contributed by atoms with Crippen molar-refractivity contribution in [3.63, 3.8) is 0 Å². The third kappa shape index (κ3) is 9.05. The van der Waals surface area contributed by atoms with E-state index in [1.165, 1.54) is 17.0 Å². The lowest BCUT2D eigenvalue weighted by Gasteiger charge is -2.34. The SMILES string of the molecule is CCCCNC(=O)[C@H](Cc1ccccc1)N(Cc1ccc(Br)cc1)C(=O)CN(c1ccc(C)c(C)c1)S(=O)(=O)c1ccccc1. The van der Waals surface area contributed by atoms with Gasteiger partial charge in [-0.3, -0.25) is 13.9 Å². The van der Waals surface area contributed by atoms with Crippen molar-refractivity contribution in [3.8, 4) is 0 Å². The fraction of sp³-hybridized carbons (Fsp3) is 0.278. The van der Waals surface area contributed by atoms with Gasteiger partial charge in [0.2, 0.25) is 11.8 Å². The minimum atomic E-state index is -4.13. The van der Waals surface area contributed by atoms with Crippen LogP contribution in [0, 0.1) is 13.8 Å². The summed E-state index contributed by atoms with van der Waals surface area (Å²) in [4.78, 5) is 29.9. The topological polar surface area (TPSA) is 86.8 Å². The molecule has 4 aromatic carbocycles. The zero-order valence-electron chi connectivity index (χ0n) is 25.9. The minimum absolute atomic E-state index is 0.0774. The Morgan fingerprint density at radius 3 is 2.09 bits per heavy atom. The Bertz CT molecular complexity index is 1680. The van der Waals surface area contributed by atoms with E-state index in [-0.39, 0.29) is 23.8 Å². The zero-order chi connectivity index (χ0) is 32.4. The first-order chi connectivity index (χ1) is 21.6. The van der Waals surface area contributed by atoms with Gasteiger partial charge in [0, 0.05) is 24.0 Å². The number of aryl methyl sites for hydroxylation is 2. The van der Waals surface area contributed by atoms with Gasteiger partial charge in [-0.05, 0) is 78.9 Å². The van der Waals surface area contributed by atoms with E-state index in [0.29, 0.717) is 12.2 Å². The molecule has 0 aromatic heterocycles. The first-order valence-electron chi connectivity index (χ1n) is 15.1. The molecular formula is C36H40BrN3O4S. The molecule has 2 amide bonds. The van der Waals surface area contributed by atoms with Crippen molar-refractivity contribution in [2.24, 2.45) is 0 Å². The monoisotopic (exact) mass is 689 g/mol. The van der Waals surface area contributed by atoms with Crippen LogP contribution in [0.2, 0.25) is 0 Å². The molecule has 4 rings (SSSR count). The number of nitrogens with one attached hydrogen (secondary N) is 1. The Morgan fingerprint density at radius 1 is 0.822 bits per heavy atom. The van der Waals surface area contributed by atoms with Crippen molar-refractivity contribution in [1.29, 1.82) is 0 Å². The van der Waals surface area contributed by atoms with Crippen molar-refractivity contribution >= 4 is 43.5 Å². The van der Waals surface area contributed by atoms with E-state index >= 15 is 0 Å². The second kappa shape index (κ2) is 15.9. The predicted molar refractivity (Wildman–Crippen MR) is 183 cm³/mol. The quantitative estimate of drug-likeness (QED) is 0.147. The molecule has 0 unspecified atom stereocenters. The summed E-state index contributed by atoms with van der Waals surface area (Å²) in [5, 5.41) is 3.02. The molecule has 0 heterocycles. The van der Waals surface area contributed by atoms with E-state index in [1.807, 2.05) is 81.4 Å². The number of sulfonamides is 1. The number of rotatable bonds is 14. The van der Waals surface area contributed by atoms with Crippen LogP contribution in [0.5, 0.6) is 0 Å². The molecular weight excluding hydrogens is 650 g/mol. The smallest absolute Gasteiger partial charge is 0.264 e. The number of benzene rings is 4. The lowest BCUT2D eigenvalue weighted by atomic mass is 10.0. The van der Waals surface area contributed by atoms with Crippen molar-refractivity contribution in [2.45, 2.75) is 57.5 Å². The lowest BCUT2D eigenvalue weighted by Crippen LogP contribution is -2.53. The Kier molecular flexibility index (Phi) is 12.0. The van der Waals surface area contributed by atoms with Crippen molar-refractivity contribution in [3.05, 3.63) is 130 Å². The fourth-order valence-corrected chi connectivity index (χ4v) is 6.67. The van der Waals surface area contributed by atoms with Crippen LogP contribution in [0.25, 0.3) is 0 Å². The Balaban J connectivity index is 1.79. The average Bonchev–Trinajstić information content (AvgIpc) is 3.04. The van der Waals surface area contributed by atoms with Crippen LogP contribution in [0.4, 0.5) is 5.69 Å². The van der Waals surface area contributed by atoms with Crippen LogP contribution in [0.15, 0.2) is 112 Å². The summed E-state index contributed by atoms with van der Waals surface area (Å²) < 4.78 is 30.3. The number of hydrogen-bond acceptors (Lipinski definition) is 4. The second-order valence-corrected chi connectivity index (χ2v) is 13.9. The summed E-state index contributed by atoms with van der Waals surface area (Å²) in [5.41, 5.74) is 3.99. The molecule has 0 saturated heterocycles. The first kappa shape index (κ1) is 33.9. The molecule has 236 valence electrons. The maximum atomic E-state index is 14.5. The van der Waals surface area contributed by atoms with Crippen LogP contribution in [-0.2, 0) is 32.6 Å². The van der Waals surface area contributed by atoms with Crippen molar-refractivity contribution in [1.82, 2.24) is 10.2 Å². The number of halogens is 1. The predicted octanol–water partition coefficient (Wildman–Crippen LogP) is 6.82. The molecule has 45 heavy (non-hydrogen) atoms. The Hall–Kier alpha value is -3.95. The standard InChI is InChI=1S/C36H40BrN3O4S/c1-4-5-22-38-36(42)34(24-29-12-8-6-9-13-29)39(25-30-17-19-31(37)20-18-30)35(41)26-40(32-21-16-27(2)28(3)23-32)45(43,44)33-14-10-7-11-15-33/h6-21,23,34H,4-5,22,24-26H2,1-3H3,(H,38,42)/t34-/m0/s1. The summed E-state index contributed by atoms with van der Waals surface area (Å²) in [6, 6.07) is 29.7. The average molecular weight is 691 g/mol. The molecule has 0 aliphatic heterocycles. The van der Waals surface area contributed by atoms with Gasteiger partial charge in [0.25, 0.3) is 10.0 Å². The number of hydrogen-bond donors (Lipinski definition) is 1. The molecule has 0 fully saturated rings. The number of carbonyl (C=O) groups is 2. The molecule has 0 aliphatic carbocycles. The summed E-state index contributed by atoms with van der Waals surface area (Å²) in [6.45, 7) is 6.03. The zero-order valence-corrected chi connectivity index (χ0v) is 28.4. The molecule has 9 heteroatoms. The maximum Gasteiger partial charge on any atom is 0.264 e. The molecule has 1 N–H and O–H groups in total. The fourth-order valence-electron chi connectivity index (χ4n) is 4.98. The van der Waals surface area contributed by atoms with Gasteiger partial charge >= 0.3 is 0 Å². The third-order valence-electron chi connectivity index (χ3n) is 7.76. The van der Waals surface area contributed by atoms with Gasteiger partial charge < -0.3 is 10.2 Å². The maximum absolute atomic E-state index is 14.5. The third-order valence-corrected chi connectivity index (χ3v) is 10.1. The van der Waals surface area contributed by atoms with Crippen molar-refractivity contribution in [2.75, 3.05) is 17.4 Å². The molecule has 0 spiro atoms. The van der Waals surface area contributed by atoms with Crippen LogP contribution in [-0.4, -0.2) is 44.3 Å². The van der Waals surface area contributed by atoms with E-state index < -0.39 is 28.5 Å². The molecule has 7 nitrogen and oxygen atoms in total. The highest BCUT2D eigenvalue weighted by Crippen LogP contribution is 2.27. The van der Waals surface area contributed by atoms with Gasteiger partial charge in [-0.1, -0.05) is 96.0 Å². The minimum Gasteiger partial charge on any atom is -0.354 e. The molecule has 0 radical (unpaired) electrons. The Morgan fingerprint density at radius 2 is 1.47 bits per heavy atom. The molecule has 4 aromatic rings. The largest absolute Gasteiger partial charge is 0.354 e. The van der Waals surface area contributed by atoms with E-state index in [9.17, 15) is 18.0 Å². The first-order valence-corrected chi connectivity index (χ1v) is 17.3. The van der Waals surface area contributed by atoms with Gasteiger partial charge in [0.1, 0.15) is 12.6 Å². The van der Waals surface area contributed by atoms with Crippen LogP contribution < -0.4 is 9.62 Å². The highest BCUT2D eigenvalue weighted by molar-refractivity contribution is 9.10. The molecule has 0 bridgehead atoms. The van der Waals surface area contributed by atoms with E-state index in [4.69, 9.17) is 0 Å². The van der Waals surface area contributed by atoms with Crippen LogP contribution in [0.1, 0.15) is 42.0 Å². The van der Waals surface area contributed by atoms with E-state index in [2.05, 4.69) is 21.2 Å². The highest BCUT2D eigenvalue weighted by atomic mass is 79.9. The highest BCUT2D eigenvalue weighted by Gasteiger charge is 2.34. The van der Waals surface area contributed by atoms with Gasteiger partial charge in [-0.15, -0.1) is 0 Å². The van der Waals surface area contributed by atoms with E-state index in [1.54, 1.807) is 30.3 Å². The second-order valence-electron chi connectivity index (χ2n) is 11.1.